The quantitative estimate of drug-likeness (QED) is 0.720. The summed E-state index contributed by atoms with van der Waals surface area (Å²) in [6.45, 7) is 13.7. The van der Waals surface area contributed by atoms with Gasteiger partial charge in [-0.15, -0.1) is 0 Å². The number of aromatic nitrogens is 1. The van der Waals surface area contributed by atoms with Crippen LogP contribution in [0, 0.1) is 5.92 Å². The summed E-state index contributed by atoms with van der Waals surface area (Å²) in [7, 11) is 2.05. The van der Waals surface area contributed by atoms with Crippen LogP contribution in [0.3, 0.4) is 0 Å². The number of nitrogens with one attached hydrogen (secondary N) is 1. The maximum atomic E-state index is 5.31. The van der Waals surface area contributed by atoms with E-state index in [1.54, 1.807) is 0 Å². The van der Waals surface area contributed by atoms with E-state index in [2.05, 4.69) is 35.8 Å². The molecule has 1 N–H and O–H groups in total. The molecular weight excluding hydrogens is 226 g/mol. The van der Waals surface area contributed by atoms with Crippen LogP contribution in [0.25, 0.3) is 0 Å². The Labute approximate surface area is 110 Å². The van der Waals surface area contributed by atoms with Crippen LogP contribution in [-0.2, 0) is 13.1 Å². The van der Waals surface area contributed by atoms with E-state index < -0.39 is 0 Å². The van der Waals surface area contributed by atoms with E-state index >= 15 is 0 Å². The van der Waals surface area contributed by atoms with Crippen LogP contribution in [0.5, 0.6) is 0 Å². The molecule has 0 aliphatic rings. The third-order valence-electron chi connectivity index (χ3n) is 2.43. The average Bonchev–Trinajstić information content (AvgIpc) is 2.63. The minimum absolute atomic E-state index is 0.651. The second-order valence-corrected chi connectivity index (χ2v) is 5.44. The van der Waals surface area contributed by atoms with Gasteiger partial charge in [0.05, 0.1) is 12.2 Å². The van der Waals surface area contributed by atoms with E-state index in [0.717, 1.165) is 43.2 Å². The fraction of sp³-hybridized carbons (Fsp3) is 0.643. The lowest BCUT2D eigenvalue weighted by Gasteiger charge is -2.13. The molecule has 0 radical (unpaired) electrons. The normalized spacial score (nSPS) is 11.4. The van der Waals surface area contributed by atoms with Crippen molar-refractivity contribution in [1.29, 1.82) is 0 Å². The Morgan fingerprint density at radius 1 is 1.56 bits per heavy atom. The lowest BCUT2D eigenvalue weighted by atomic mass is 10.2. The maximum Gasteiger partial charge on any atom is 0.151 e. The number of likely N-dealkylation sites (N-methyl/N-ethyl adjacent to an activating group) is 1. The van der Waals surface area contributed by atoms with Gasteiger partial charge in [0.25, 0.3) is 0 Å². The summed E-state index contributed by atoms with van der Waals surface area (Å²) in [6, 6.07) is 2.02. The molecule has 1 aromatic heterocycles. The van der Waals surface area contributed by atoms with Crippen molar-refractivity contribution in [2.75, 3.05) is 20.1 Å². The van der Waals surface area contributed by atoms with Gasteiger partial charge in [0.2, 0.25) is 0 Å². The van der Waals surface area contributed by atoms with Crippen LogP contribution in [0.15, 0.2) is 22.7 Å². The van der Waals surface area contributed by atoms with Crippen LogP contribution < -0.4 is 5.32 Å². The number of nitrogens with zero attached hydrogens (tertiary/aromatic N) is 2. The first-order valence-electron chi connectivity index (χ1n) is 6.45. The van der Waals surface area contributed by atoms with Crippen LogP contribution in [-0.4, -0.2) is 30.2 Å². The van der Waals surface area contributed by atoms with Crippen molar-refractivity contribution in [1.82, 2.24) is 15.4 Å². The van der Waals surface area contributed by atoms with Gasteiger partial charge in [-0.1, -0.05) is 31.2 Å². The van der Waals surface area contributed by atoms with Crippen molar-refractivity contribution in [3.63, 3.8) is 0 Å². The first-order valence-corrected chi connectivity index (χ1v) is 6.45. The van der Waals surface area contributed by atoms with Gasteiger partial charge in [-0.2, -0.15) is 0 Å². The molecule has 0 atom stereocenters. The summed E-state index contributed by atoms with van der Waals surface area (Å²) in [5, 5.41) is 7.41. The minimum atomic E-state index is 0.651. The SMILES string of the molecule is C=C(C)CN(C)Cc1cc(CNCC(C)C)no1. The topological polar surface area (TPSA) is 41.3 Å². The Balaban J connectivity index is 2.36. The molecule has 102 valence electrons. The maximum absolute atomic E-state index is 5.31. The second-order valence-electron chi connectivity index (χ2n) is 5.44. The smallest absolute Gasteiger partial charge is 0.151 e. The Morgan fingerprint density at radius 2 is 2.28 bits per heavy atom. The summed E-state index contributed by atoms with van der Waals surface area (Å²) in [6.07, 6.45) is 0. The standard InChI is InChI=1S/C14H25N3O/c1-11(2)7-15-8-13-6-14(18-16-13)10-17(5)9-12(3)4/h6,11,15H,3,7-10H2,1-2,4-5H3. The Morgan fingerprint density at radius 3 is 2.89 bits per heavy atom. The van der Waals surface area contributed by atoms with Gasteiger partial charge in [-0.3, -0.25) is 4.90 Å². The van der Waals surface area contributed by atoms with Crippen molar-refractivity contribution in [2.24, 2.45) is 5.92 Å². The zero-order valence-electron chi connectivity index (χ0n) is 12.0. The molecule has 1 aromatic rings. The van der Waals surface area contributed by atoms with Crippen LogP contribution >= 0.6 is 0 Å². The molecular formula is C14H25N3O. The van der Waals surface area contributed by atoms with Gasteiger partial charge >= 0.3 is 0 Å². The molecule has 4 heteroatoms. The van der Waals surface area contributed by atoms with Gasteiger partial charge in [0.1, 0.15) is 0 Å². The number of hydrogen-bond acceptors (Lipinski definition) is 4. The first-order chi connectivity index (χ1) is 8.47. The van der Waals surface area contributed by atoms with E-state index in [0.29, 0.717) is 5.92 Å². The summed E-state index contributed by atoms with van der Waals surface area (Å²) in [4.78, 5) is 2.16. The van der Waals surface area contributed by atoms with Gasteiger partial charge < -0.3 is 9.84 Å². The Bertz CT molecular complexity index is 371. The molecule has 0 aromatic carbocycles. The third kappa shape index (κ3) is 5.98. The van der Waals surface area contributed by atoms with Gasteiger partial charge in [0, 0.05) is 19.2 Å². The lowest BCUT2D eigenvalue weighted by Crippen LogP contribution is -2.19. The number of rotatable bonds is 8. The zero-order chi connectivity index (χ0) is 13.5. The molecule has 0 aliphatic carbocycles. The highest BCUT2D eigenvalue weighted by atomic mass is 16.5. The van der Waals surface area contributed by atoms with Crippen LogP contribution in [0.2, 0.25) is 0 Å². The molecule has 1 heterocycles. The highest BCUT2D eigenvalue weighted by molar-refractivity contribution is 5.05. The van der Waals surface area contributed by atoms with Gasteiger partial charge in [0.15, 0.2) is 5.76 Å². The van der Waals surface area contributed by atoms with E-state index in [1.807, 2.05) is 20.0 Å². The fourth-order valence-corrected chi connectivity index (χ4v) is 1.79. The summed E-state index contributed by atoms with van der Waals surface area (Å²) >= 11 is 0. The van der Waals surface area contributed by atoms with Crippen LogP contribution in [0.1, 0.15) is 32.2 Å². The Hall–Kier alpha value is -1.13. The molecule has 0 saturated heterocycles. The monoisotopic (exact) mass is 251 g/mol. The molecule has 18 heavy (non-hydrogen) atoms. The predicted molar refractivity (Wildman–Crippen MR) is 74.2 cm³/mol. The summed E-state index contributed by atoms with van der Waals surface area (Å²) < 4.78 is 5.31. The van der Waals surface area contributed by atoms with Crippen molar-refractivity contribution in [3.05, 3.63) is 29.7 Å². The zero-order valence-corrected chi connectivity index (χ0v) is 12.0. The first kappa shape index (κ1) is 14.9. The molecule has 0 aliphatic heterocycles. The average molecular weight is 251 g/mol. The van der Waals surface area contributed by atoms with E-state index in [9.17, 15) is 0 Å². The van der Waals surface area contributed by atoms with E-state index in [-0.39, 0.29) is 0 Å². The van der Waals surface area contributed by atoms with Crippen molar-refractivity contribution >= 4 is 0 Å². The third-order valence-corrected chi connectivity index (χ3v) is 2.43. The van der Waals surface area contributed by atoms with E-state index in [1.165, 1.54) is 0 Å². The van der Waals surface area contributed by atoms with Crippen molar-refractivity contribution < 1.29 is 4.52 Å². The molecule has 0 bridgehead atoms. The van der Waals surface area contributed by atoms with Gasteiger partial charge in [-0.25, -0.2) is 0 Å². The second kappa shape index (κ2) is 7.34. The fourth-order valence-electron chi connectivity index (χ4n) is 1.79. The van der Waals surface area contributed by atoms with Crippen molar-refractivity contribution in [3.8, 4) is 0 Å². The Kier molecular flexibility index (Phi) is 6.09. The minimum Gasteiger partial charge on any atom is -0.360 e. The molecule has 4 nitrogen and oxygen atoms in total. The molecule has 0 unspecified atom stereocenters. The summed E-state index contributed by atoms with van der Waals surface area (Å²) in [5.41, 5.74) is 2.12. The van der Waals surface area contributed by atoms with Crippen LogP contribution in [0.4, 0.5) is 0 Å². The lowest BCUT2D eigenvalue weighted by molar-refractivity contribution is 0.286. The molecule has 1 rings (SSSR count). The predicted octanol–water partition coefficient (Wildman–Crippen LogP) is 2.43. The highest BCUT2D eigenvalue weighted by Gasteiger charge is 2.07. The summed E-state index contributed by atoms with van der Waals surface area (Å²) in [5.74, 6) is 1.55. The number of hydrogen-bond donors (Lipinski definition) is 1. The van der Waals surface area contributed by atoms with Gasteiger partial charge in [-0.05, 0) is 26.4 Å². The molecule has 0 saturated carbocycles. The molecule has 0 spiro atoms. The van der Waals surface area contributed by atoms with Crippen molar-refractivity contribution in [2.45, 2.75) is 33.9 Å². The van der Waals surface area contributed by atoms with E-state index in [4.69, 9.17) is 4.52 Å². The molecule has 0 fully saturated rings. The highest BCUT2D eigenvalue weighted by Crippen LogP contribution is 2.07. The molecule has 0 amide bonds. The largest absolute Gasteiger partial charge is 0.360 e.